The molecule has 0 radical (unpaired) electrons. The van der Waals surface area contributed by atoms with Gasteiger partial charge in [0, 0.05) is 39.0 Å². The lowest BCUT2D eigenvalue weighted by Crippen LogP contribution is -2.55. The number of aliphatic hydroxyl groups is 1. The van der Waals surface area contributed by atoms with Crippen molar-refractivity contribution < 1.29 is 9.84 Å². The van der Waals surface area contributed by atoms with Crippen LogP contribution in [0.4, 0.5) is 0 Å². The lowest BCUT2D eigenvalue weighted by atomic mass is 9.70. The largest absolute Gasteiger partial charge is 0.389 e. The molecule has 5 nitrogen and oxygen atoms in total. The standard InChI is InChI=1S/C18H31N3O2/c1-13-11-21(12-17-19-14(2)15(3)20(17)4)8-7-18(13,22)16-5-9-23-10-6-16/h13,16,22H,5-12H2,1-4H3/t13-,18+/m1/s1. The maximum atomic E-state index is 11.2. The maximum absolute atomic E-state index is 11.2. The zero-order valence-electron chi connectivity index (χ0n) is 15.0. The van der Waals surface area contributed by atoms with Crippen LogP contribution in [0.2, 0.25) is 0 Å². The van der Waals surface area contributed by atoms with Crippen molar-refractivity contribution in [1.29, 1.82) is 0 Å². The fourth-order valence-electron chi connectivity index (χ4n) is 4.30. The molecule has 2 saturated heterocycles. The SMILES string of the molecule is Cc1nc(CN2CC[C@@](O)(C3CCOCC3)[C@H](C)C2)n(C)c1C. The van der Waals surface area contributed by atoms with Crippen molar-refractivity contribution in [2.45, 2.75) is 52.2 Å². The lowest BCUT2D eigenvalue weighted by Gasteiger charge is -2.48. The molecule has 1 N–H and O–H groups in total. The van der Waals surface area contributed by atoms with Crippen LogP contribution in [-0.2, 0) is 18.3 Å². The van der Waals surface area contributed by atoms with Crippen LogP contribution in [0.1, 0.15) is 43.4 Å². The molecular formula is C18H31N3O2. The first-order valence-electron chi connectivity index (χ1n) is 8.93. The zero-order valence-corrected chi connectivity index (χ0v) is 15.0. The van der Waals surface area contributed by atoms with Crippen LogP contribution < -0.4 is 0 Å². The summed E-state index contributed by atoms with van der Waals surface area (Å²) in [6.07, 6.45) is 2.86. The van der Waals surface area contributed by atoms with E-state index in [1.807, 2.05) is 0 Å². The van der Waals surface area contributed by atoms with Crippen LogP contribution in [-0.4, -0.2) is 51.5 Å². The number of ether oxygens (including phenoxy) is 1. The second-order valence-corrected chi connectivity index (χ2v) is 7.52. The normalized spacial score (nSPS) is 30.7. The Kier molecular flexibility index (Phi) is 4.81. The number of piperidine rings is 1. The molecule has 1 aromatic heterocycles. The van der Waals surface area contributed by atoms with E-state index in [2.05, 4.69) is 37.3 Å². The summed E-state index contributed by atoms with van der Waals surface area (Å²) >= 11 is 0. The van der Waals surface area contributed by atoms with Gasteiger partial charge in [-0.1, -0.05) is 6.92 Å². The van der Waals surface area contributed by atoms with Crippen molar-refractivity contribution in [3.63, 3.8) is 0 Å². The number of hydrogen-bond acceptors (Lipinski definition) is 4. The highest BCUT2D eigenvalue weighted by Gasteiger charge is 2.45. The quantitative estimate of drug-likeness (QED) is 0.925. The summed E-state index contributed by atoms with van der Waals surface area (Å²) in [7, 11) is 2.09. The molecule has 0 amide bonds. The first-order chi connectivity index (χ1) is 10.9. The minimum Gasteiger partial charge on any atom is -0.389 e. The van der Waals surface area contributed by atoms with E-state index in [4.69, 9.17) is 9.72 Å². The Labute approximate surface area is 139 Å². The average Bonchev–Trinajstić information content (AvgIpc) is 2.79. The highest BCUT2D eigenvalue weighted by Crippen LogP contribution is 2.39. The second kappa shape index (κ2) is 6.54. The van der Waals surface area contributed by atoms with E-state index in [0.717, 1.165) is 63.6 Å². The van der Waals surface area contributed by atoms with Crippen LogP contribution in [0, 0.1) is 25.7 Å². The summed E-state index contributed by atoms with van der Waals surface area (Å²) < 4.78 is 7.66. The minimum atomic E-state index is -0.520. The van der Waals surface area contributed by atoms with Gasteiger partial charge < -0.3 is 14.4 Å². The van der Waals surface area contributed by atoms with Gasteiger partial charge in [0.2, 0.25) is 0 Å². The summed E-state index contributed by atoms with van der Waals surface area (Å²) in [5.41, 5.74) is 1.84. The van der Waals surface area contributed by atoms with Crippen molar-refractivity contribution >= 4 is 0 Å². The van der Waals surface area contributed by atoms with Crippen molar-refractivity contribution in [3.8, 4) is 0 Å². The maximum Gasteiger partial charge on any atom is 0.123 e. The fourth-order valence-corrected chi connectivity index (χ4v) is 4.30. The number of nitrogens with zero attached hydrogens (tertiary/aromatic N) is 3. The third-order valence-electron chi connectivity index (χ3n) is 6.22. The third kappa shape index (κ3) is 3.19. The van der Waals surface area contributed by atoms with Gasteiger partial charge in [-0.05, 0) is 44.9 Å². The van der Waals surface area contributed by atoms with Gasteiger partial charge in [-0.15, -0.1) is 0 Å². The van der Waals surface area contributed by atoms with Gasteiger partial charge in [-0.25, -0.2) is 4.98 Å². The van der Waals surface area contributed by atoms with Gasteiger partial charge >= 0.3 is 0 Å². The van der Waals surface area contributed by atoms with Crippen molar-refractivity contribution in [1.82, 2.24) is 14.5 Å². The number of aryl methyl sites for hydroxylation is 1. The Hall–Kier alpha value is -0.910. The molecule has 0 bridgehead atoms. The number of aromatic nitrogens is 2. The molecule has 0 aliphatic carbocycles. The summed E-state index contributed by atoms with van der Waals surface area (Å²) in [6, 6.07) is 0. The van der Waals surface area contributed by atoms with Crippen LogP contribution in [0.15, 0.2) is 0 Å². The van der Waals surface area contributed by atoms with Crippen LogP contribution >= 0.6 is 0 Å². The highest BCUT2D eigenvalue weighted by atomic mass is 16.5. The van der Waals surface area contributed by atoms with E-state index in [0.29, 0.717) is 11.8 Å². The first kappa shape index (κ1) is 16.9. The zero-order chi connectivity index (χ0) is 16.6. The summed E-state index contributed by atoms with van der Waals surface area (Å²) in [6.45, 7) is 10.8. The molecule has 2 atom stereocenters. The van der Waals surface area contributed by atoms with Crippen LogP contribution in [0.3, 0.4) is 0 Å². The second-order valence-electron chi connectivity index (χ2n) is 7.52. The Morgan fingerprint density at radius 2 is 2.00 bits per heavy atom. The lowest BCUT2D eigenvalue weighted by molar-refractivity contribution is -0.132. The van der Waals surface area contributed by atoms with Crippen molar-refractivity contribution in [2.75, 3.05) is 26.3 Å². The Bertz CT molecular complexity index is 551. The molecule has 3 rings (SSSR count). The molecule has 2 aliphatic rings. The van der Waals surface area contributed by atoms with Crippen molar-refractivity contribution in [3.05, 3.63) is 17.2 Å². The molecule has 0 spiro atoms. The van der Waals surface area contributed by atoms with E-state index < -0.39 is 5.60 Å². The van der Waals surface area contributed by atoms with Gasteiger partial charge in [-0.2, -0.15) is 0 Å². The van der Waals surface area contributed by atoms with Crippen molar-refractivity contribution in [2.24, 2.45) is 18.9 Å². The topological polar surface area (TPSA) is 50.5 Å². The van der Waals surface area contributed by atoms with Gasteiger partial charge in [0.1, 0.15) is 5.82 Å². The molecule has 0 saturated carbocycles. The Morgan fingerprint density at radius 1 is 1.30 bits per heavy atom. The molecule has 23 heavy (non-hydrogen) atoms. The molecule has 5 heteroatoms. The predicted molar refractivity (Wildman–Crippen MR) is 90.2 cm³/mol. The van der Waals surface area contributed by atoms with E-state index >= 15 is 0 Å². The van der Waals surface area contributed by atoms with Gasteiger partial charge in [0.15, 0.2) is 0 Å². The molecule has 130 valence electrons. The third-order valence-corrected chi connectivity index (χ3v) is 6.22. The van der Waals surface area contributed by atoms with Gasteiger partial charge in [0.25, 0.3) is 0 Å². The van der Waals surface area contributed by atoms with Gasteiger partial charge in [-0.3, -0.25) is 4.90 Å². The molecule has 1 aromatic rings. The Balaban J connectivity index is 1.65. The smallest absolute Gasteiger partial charge is 0.123 e. The summed E-state index contributed by atoms with van der Waals surface area (Å²) in [5, 5.41) is 11.2. The molecule has 2 fully saturated rings. The van der Waals surface area contributed by atoms with E-state index in [-0.39, 0.29) is 0 Å². The molecule has 3 heterocycles. The monoisotopic (exact) mass is 321 g/mol. The molecule has 0 unspecified atom stereocenters. The highest BCUT2D eigenvalue weighted by molar-refractivity contribution is 5.13. The fraction of sp³-hybridized carbons (Fsp3) is 0.833. The predicted octanol–water partition coefficient (Wildman–Crippen LogP) is 2.04. The summed E-state index contributed by atoms with van der Waals surface area (Å²) in [5.74, 6) is 1.82. The van der Waals surface area contributed by atoms with E-state index in [1.165, 1.54) is 5.69 Å². The minimum absolute atomic E-state index is 0.293. The number of imidazole rings is 1. The van der Waals surface area contributed by atoms with Crippen LogP contribution in [0.25, 0.3) is 0 Å². The van der Waals surface area contributed by atoms with E-state index in [9.17, 15) is 5.11 Å². The average molecular weight is 321 g/mol. The van der Waals surface area contributed by atoms with Crippen LogP contribution in [0.5, 0.6) is 0 Å². The molecular weight excluding hydrogens is 290 g/mol. The van der Waals surface area contributed by atoms with Gasteiger partial charge in [0.05, 0.1) is 17.8 Å². The van der Waals surface area contributed by atoms with E-state index in [1.54, 1.807) is 0 Å². The number of likely N-dealkylation sites (tertiary alicyclic amines) is 1. The number of hydrogen-bond donors (Lipinski definition) is 1. The first-order valence-corrected chi connectivity index (χ1v) is 8.93. The molecule has 0 aromatic carbocycles. The summed E-state index contributed by atoms with van der Waals surface area (Å²) in [4.78, 5) is 7.14. The molecule has 2 aliphatic heterocycles. The Morgan fingerprint density at radius 3 is 2.57 bits per heavy atom. The number of rotatable bonds is 3.